The second-order valence-electron chi connectivity index (χ2n) is 15.7. The van der Waals surface area contributed by atoms with Gasteiger partial charge in [-0.1, -0.05) is 200 Å². The van der Waals surface area contributed by atoms with Crippen molar-refractivity contribution in [1.29, 1.82) is 0 Å². The van der Waals surface area contributed by atoms with E-state index < -0.39 is 6.10 Å². The summed E-state index contributed by atoms with van der Waals surface area (Å²) < 4.78 is 16.7. The maximum Gasteiger partial charge on any atom is 0.306 e. The zero-order valence-corrected chi connectivity index (χ0v) is 35.6. The lowest BCUT2D eigenvalue weighted by molar-refractivity contribution is -0.167. The number of rotatable bonds is 42. The summed E-state index contributed by atoms with van der Waals surface area (Å²) in [6, 6.07) is 0. The molecule has 0 saturated heterocycles. The Bertz CT molecular complexity index is 824. The summed E-state index contributed by atoms with van der Waals surface area (Å²) in [5, 5.41) is 0. The largest absolute Gasteiger partial charge is 0.462 e. The first-order chi connectivity index (χ1) is 26.0. The summed E-state index contributed by atoms with van der Waals surface area (Å²) in [5.41, 5.74) is 0. The molecule has 0 aliphatic heterocycles. The summed E-state index contributed by atoms with van der Waals surface area (Å²) in [6.45, 7) is 6.61. The van der Waals surface area contributed by atoms with Crippen molar-refractivity contribution in [2.24, 2.45) is 0 Å². The third-order valence-electron chi connectivity index (χ3n) is 10.3. The van der Waals surface area contributed by atoms with Crippen LogP contribution in [0.5, 0.6) is 0 Å². The number of carbonyl (C=O) groups is 3. The molecular weight excluding hydrogens is 661 g/mol. The van der Waals surface area contributed by atoms with Gasteiger partial charge < -0.3 is 14.2 Å². The van der Waals surface area contributed by atoms with Gasteiger partial charge in [0.2, 0.25) is 0 Å². The van der Waals surface area contributed by atoms with Crippen molar-refractivity contribution in [1.82, 2.24) is 0 Å². The van der Waals surface area contributed by atoms with Crippen LogP contribution in [0.2, 0.25) is 0 Å². The molecule has 6 heteroatoms. The van der Waals surface area contributed by atoms with E-state index in [9.17, 15) is 14.4 Å². The molecule has 0 fully saturated rings. The molecule has 1 unspecified atom stereocenters. The SMILES string of the molecule is CCCCCCCCC/C=C\CCCCCC(=O)OCC(COC(=O)CCCCCCCCCCCC)OC(=O)CCCCCCCCCCCCC. The fraction of sp³-hybridized carbons (Fsp3) is 0.894. The van der Waals surface area contributed by atoms with Gasteiger partial charge in [0.25, 0.3) is 0 Å². The molecule has 0 amide bonds. The number of hydrogen-bond acceptors (Lipinski definition) is 6. The molecule has 0 aromatic heterocycles. The van der Waals surface area contributed by atoms with Gasteiger partial charge in [0.05, 0.1) is 0 Å². The number of unbranched alkanes of at least 4 members (excludes halogenated alkanes) is 29. The van der Waals surface area contributed by atoms with Crippen LogP contribution in [0.4, 0.5) is 0 Å². The lowest BCUT2D eigenvalue weighted by Gasteiger charge is -2.18. The maximum absolute atomic E-state index is 12.7. The van der Waals surface area contributed by atoms with E-state index in [1.54, 1.807) is 0 Å². The maximum atomic E-state index is 12.7. The minimum Gasteiger partial charge on any atom is -0.462 e. The molecule has 53 heavy (non-hydrogen) atoms. The Morgan fingerprint density at radius 2 is 0.623 bits per heavy atom. The fourth-order valence-electron chi connectivity index (χ4n) is 6.73. The normalized spacial score (nSPS) is 12.0. The van der Waals surface area contributed by atoms with Crippen molar-refractivity contribution in [3.05, 3.63) is 12.2 Å². The predicted octanol–water partition coefficient (Wildman–Crippen LogP) is 14.6. The molecule has 0 N–H and O–H groups in total. The summed E-state index contributed by atoms with van der Waals surface area (Å²) in [4.78, 5) is 37.7. The minimum atomic E-state index is -0.766. The predicted molar refractivity (Wildman–Crippen MR) is 224 cm³/mol. The van der Waals surface area contributed by atoms with Gasteiger partial charge in [0.15, 0.2) is 6.10 Å². The smallest absolute Gasteiger partial charge is 0.306 e. The summed E-state index contributed by atoms with van der Waals surface area (Å²) in [6.07, 6.45) is 44.8. The van der Waals surface area contributed by atoms with Crippen LogP contribution in [-0.4, -0.2) is 37.2 Å². The molecule has 6 nitrogen and oxygen atoms in total. The lowest BCUT2D eigenvalue weighted by Crippen LogP contribution is -2.30. The number of allylic oxidation sites excluding steroid dienone is 2. The standard InChI is InChI=1S/C47H88O6/c1-4-7-10-13-16-19-22-23-24-26-28-31-34-37-40-46(49)52-43-44(42-51-45(48)39-36-33-30-27-21-18-15-12-9-6-3)53-47(50)41-38-35-32-29-25-20-17-14-11-8-5-2/h24,26,44H,4-23,25,27-43H2,1-3H3/b26-24-. The van der Waals surface area contributed by atoms with E-state index in [1.165, 1.54) is 148 Å². The first-order valence-electron chi connectivity index (χ1n) is 23.2. The number of esters is 3. The quantitative estimate of drug-likeness (QED) is 0.0268. The molecule has 0 rings (SSSR count). The highest BCUT2D eigenvalue weighted by Crippen LogP contribution is 2.15. The van der Waals surface area contributed by atoms with Gasteiger partial charge in [0, 0.05) is 19.3 Å². The van der Waals surface area contributed by atoms with Gasteiger partial charge in [-0.05, 0) is 44.9 Å². The first kappa shape index (κ1) is 51.1. The third kappa shape index (κ3) is 41.2. The molecule has 0 saturated carbocycles. The Balaban J connectivity index is 4.34. The minimum absolute atomic E-state index is 0.0704. The number of hydrogen-bond donors (Lipinski definition) is 0. The summed E-state index contributed by atoms with van der Waals surface area (Å²) in [7, 11) is 0. The molecule has 0 aromatic carbocycles. The Kier molecular flexibility index (Phi) is 41.4. The van der Waals surface area contributed by atoms with E-state index >= 15 is 0 Å². The average molecular weight is 749 g/mol. The molecule has 0 radical (unpaired) electrons. The van der Waals surface area contributed by atoms with Crippen LogP contribution in [0.1, 0.15) is 252 Å². The zero-order chi connectivity index (χ0) is 38.7. The summed E-state index contributed by atoms with van der Waals surface area (Å²) >= 11 is 0. The van der Waals surface area contributed by atoms with Crippen LogP contribution in [0.25, 0.3) is 0 Å². The second-order valence-corrected chi connectivity index (χ2v) is 15.7. The third-order valence-corrected chi connectivity index (χ3v) is 10.3. The van der Waals surface area contributed by atoms with Crippen molar-refractivity contribution >= 4 is 17.9 Å². The van der Waals surface area contributed by atoms with Crippen molar-refractivity contribution in [3.8, 4) is 0 Å². The molecule has 0 bridgehead atoms. The highest BCUT2D eigenvalue weighted by Gasteiger charge is 2.19. The van der Waals surface area contributed by atoms with E-state index in [0.717, 1.165) is 64.2 Å². The molecule has 312 valence electrons. The average Bonchev–Trinajstić information content (AvgIpc) is 3.15. The highest BCUT2D eigenvalue weighted by atomic mass is 16.6. The Labute approximate surface area is 329 Å². The Hall–Kier alpha value is -1.85. The number of carbonyl (C=O) groups excluding carboxylic acids is 3. The van der Waals surface area contributed by atoms with Crippen LogP contribution in [0.3, 0.4) is 0 Å². The molecule has 0 spiro atoms. The summed E-state index contributed by atoms with van der Waals surface area (Å²) in [5.74, 6) is -0.880. The van der Waals surface area contributed by atoms with Crippen LogP contribution in [0, 0.1) is 0 Å². The van der Waals surface area contributed by atoms with E-state index in [4.69, 9.17) is 14.2 Å². The van der Waals surface area contributed by atoms with Gasteiger partial charge in [0.1, 0.15) is 13.2 Å². The zero-order valence-electron chi connectivity index (χ0n) is 35.6. The monoisotopic (exact) mass is 749 g/mol. The van der Waals surface area contributed by atoms with Gasteiger partial charge in [-0.2, -0.15) is 0 Å². The van der Waals surface area contributed by atoms with E-state index in [2.05, 4.69) is 32.9 Å². The van der Waals surface area contributed by atoms with E-state index in [0.29, 0.717) is 19.3 Å². The Morgan fingerprint density at radius 3 is 0.962 bits per heavy atom. The number of ether oxygens (including phenoxy) is 3. The Morgan fingerprint density at radius 1 is 0.358 bits per heavy atom. The lowest BCUT2D eigenvalue weighted by atomic mass is 10.1. The van der Waals surface area contributed by atoms with Crippen molar-refractivity contribution in [2.45, 2.75) is 258 Å². The molecule has 1 atom stereocenters. The second kappa shape index (κ2) is 42.9. The molecular formula is C47H88O6. The van der Waals surface area contributed by atoms with Crippen LogP contribution < -0.4 is 0 Å². The fourth-order valence-corrected chi connectivity index (χ4v) is 6.73. The molecule has 0 aliphatic rings. The van der Waals surface area contributed by atoms with E-state index in [1.807, 2.05) is 0 Å². The molecule has 0 heterocycles. The topological polar surface area (TPSA) is 78.9 Å². The van der Waals surface area contributed by atoms with Gasteiger partial charge in [-0.25, -0.2) is 0 Å². The van der Waals surface area contributed by atoms with Crippen molar-refractivity contribution < 1.29 is 28.6 Å². The van der Waals surface area contributed by atoms with Crippen molar-refractivity contribution in [2.75, 3.05) is 13.2 Å². The molecule has 0 aromatic rings. The molecule has 0 aliphatic carbocycles. The van der Waals surface area contributed by atoms with Gasteiger partial charge in [-0.3, -0.25) is 14.4 Å². The van der Waals surface area contributed by atoms with Crippen LogP contribution in [-0.2, 0) is 28.6 Å². The highest BCUT2D eigenvalue weighted by molar-refractivity contribution is 5.71. The van der Waals surface area contributed by atoms with Gasteiger partial charge in [-0.15, -0.1) is 0 Å². The van der Waals surface area contributed by atoms with Crippen molar-refractivity contribution in [3.63, 3.8) is 0 Å². The first-order valence-corrected chi connectivity index (χ1v) is 23.2. The van der Waals surface area contributed by atoms with E-state index in [-0.39, 0.29) is 31.1 Å². The van der Waals surface area contributed by atoms with Gasteiger partial charge >= 0.3 is 17.9 Å². The van der Waals surface area contributed by atoms with Crippen LogP contribution >= 0.6 is 0 Å². The van der Waals surface area contributed by atoms with Crippen LogP contribution in [0.15, 0.2) is 12.2 Å².